The van der Waals surface area contributed by atoms with E-state index in [1.165, 1.54) is 17.8 Å². The number of rotatable bonds is 6. The van der Waals surface area contributed by atoms with Crippen LogP contribution in [0.25, 0.3) is 0 Å². The van der Waals surface area contributed by atoms with E-state index in [9.17, 15) is 9.59 Å². The number of carbonyl (C=O) groups excluding carboxylic acids is 2. The number of aromatic nitrogens is 1. The molecule has 0 aromatic carbocycles. The highest BCUT2D eigenvalue weighted by Crippen LogP contribution is 2.43. The van der Waals surface area contributed by atoms with Crippen LogP contribution in [0, 0.1) is 11.3 Å². The molecular weight excluding hydrogens is 360 g/mol. The van der Waals surface area contributed by atoms with Crippen molar-refractivity contribution in [1.82, 2.24) is 9.88 Å². The molecule has 0 bridgehead atoms. The molecule has 1 saturated carbocycles. The topological polar surface area (TPSA) is 88.3 Å². The first-order valence-corrected chi connectivity index (χ1v) is 11.1. The van der Waals surface area contributed by atoms with E-state index in [0.29, 0.717) is 30.4 Å². The van der Waals surface area contributed by atoms with Crippen LogP contribution in [0.15, 0.2) is 11.6 Å². The lowest BCUT2D eigenvalue weighted by Crippen LogP contribution is -2.50. The summed E-state index contributed by atoms with van der Waals surface area (Å²) in [5, 5.41) is 5.37. The van der Waals surface area contributed by atoms with Crippen molar-refractivity contribution in [3.63, 3.8) is 0 Å². The first-order chi connectivity index (χ1) is 13.0. The number of anilines is 1. The summed E-state index contributed by atoms with van der Waals surface area (Å²) in [6, 6.07) is 0.144. The highest BCUT2D eigenvalue weighted by Gasteiger charge is 2.39. The largest absolute Gasteiger partial charge is 0.338 e. The van der Waals surface area contributed by atoms with E-state index in [1.54, 1.807) is 6.20 Å². The van der Waals surface area contributed by atoms with Crippen LogP contribution in [0.1, 0.15) is 64.7 Å². The number of carbonyl (C=O) groups is 2. The summed E-state index contributed by atoms with van der Waals surface area (Å²) >= 11 is 1.42. The molecule has 0 radical (unpaired) electrons. The molecule has 2 fully saturated rings. The van der Waals surface area contributed by atoms with E-state index in [-0.39, 0.29) is 23.3 Å². The number of piperidine rings is 1. The summed E-state index contributed by atoms with van der Waals surface area (Å²) in [5.74, 6) is 0.777. The Kier molecular flexibility index (Phi) is 6.87. The van der Waals surface area contributed by atoms with Crippen LogP contribution in [-0.4, -0.2) is 40.8 Å². The molecule has 3 N–H and O–H groups in total. The van der Waals surface area contributed by atoms with Crippen molar-refractivity contribution in [1.29, 1.82) is 0 Å². The van der Waals surface area contributed by atoms with Gasteiger partial charge < -0.3 is 16.0 Å². The van der Waals surface area contributed by atoms with E-state index >= 15 is 0 Å². The molecule has 0 spiro atoms. The maximum atomic E-state index is 13.2. The normalized spacial score (nSPS) is 25.2. The molecule has 3 rings (SSSR count). The molecule has 1 aromatic heterocycles. The fourth-order valence-electron chi connectivity index (χ4n) is 4.73. The van der Waals surface area contributed by atoms with Crippen LogP contribution in [0.2, 0.25) is 0 Å². The third-order valence-corrected chi connectivity index (χ3v) is 6.91. The Hall–Kier alpha value is -1.47. The first-order valence-electron chi connectivity index (χ1n) is 10.2. The second-order valence-electron chi connectivity index (χ2n) is 8.41. The van der Waals surface area contributed by atoms with E-state index in [2.05, 4.69) is 17.2 Å². The van der Waals surface area contributed by atoms with Gasteiger partial charge in [-0.1, -0.05) is 26.2 Å². The summed E-state index contributed by atoms with van der Waals surface area (Å²) in [5.41, 5.74) is 5.73. The number of nitrogens with two attached hydrogens (primary N) is 1. The Balaban J connectivity index is 1.66. The lowest BCUT2D eigenvalue weighted by Gasteiger charge is -2.42. The summed E-state index contributed by atoms with van der Waals surface area (Å²) in [4.78, 5) is 31.9. The zero-order chi connectivity index (χ0) is 19.3. The third-order valence-electron chi connectivity index (χ3n) is 6.23. The monoisotopic (exact) mass is 392 g/mol. The Bertz CT molecular complexity index is 628. The maximum absolute atomic E-state index is 13.2. The molecule has 27 heavy (non-hydrogen) atoms. The maximum Gasteiger partial charge on any atom is 0.226 e. The summed E-state index contributed by atoms with van der Waals surface area (Å²) in [7, 11) is 0. The van der Waals surface area contributed by atoms with Gasteiger partial charge in [-0.3, -0.25) is 9.59 Å². The van der Waals surface area contributed by atoms with Crippen molar-refractivity contribution in [3.05, 3.63) is 11.6 Å². The second-order valence-corrected chi connectivity index (χ2v) is 9.30. The minimum Gasteiger partial charge on any atom is -0.338 e. The van der Waals surface area contributed by atoms with Crippen molar-refractivity contribution in [3.8, 4) is 0 Å². The number of hydrogen-bond donors (Lipinski definition) is 2. The van der Waals surface area contributed by atoms with Crippen LogP contribution in [-0.2, 0) is 9.59 Å². The molecule has 2 atom stereocenters. The molecule has 2 heterocycles. The molecule has 1 aliphatic carbocycles. The zero-order valence-electron chi connectivity index (χ0n) is 16.3. The van der Waals surface area contributed by atoms with E-state index in [0.717, 1.165) is 45.1 Å². The van der Waals surface area contributed by atoms with Gasteiger partial charge in [0.2, 0.25) is 11.8 Å². The summed E-state index contributed by atoms with van der Waals surface area (Å²) in [6.07, 6.45) is 9.84. The van der Waals surface area contributed by atoms with Crippen LogP contribution >= 0.6 is 11.3 Å². The number of amides is 2. The van der Waals surface area contributed by atoms with Gasteiger partial charge in [-0.25, -0.2) is 4.98 Å². The fraction of sp³-hybridized carbons (Fsp3) is 0.750. The predicted molar refractivity (Wildman–Crippen MR) is 108 cm³/mol. The lowest BCUT2D eigenvalue weighted by molar-refractivity contribution is -0.139. The van der Waals surface area contributed by atoms with Gasteiger partial charge in [0.1, 0.15) is 0 Å². The third kappa shape index (κ3) is 5.29. The molecule has 1 aromatic rings. The Morgan fingerprint density at radius 3 is 2.78 bits per heavy atom. The summed E-state index contributed by atoms with van der Waals surface area (Å²) < 4.78 is 0. The minimum atomic E-state index is -0.223. The Labute approximate surface area is 165 Å². The molecule has 2 amide bonds. The second kappa shape index (κ2) is 9.15. The molecule has 2 unspecified atom stereocenters. The van der Waals surface area contributed by atoms with Crippen LogP contribution < -0.4 is 11.1 Å². The Morgan fingerprint density at radius 2 is 2.11 bits per heavy atom. The highest BCUT2D eigenvalue weighted by atomic mass is 32.1. The van der Waals surface area contributed by atoms with E-state index < -0.39 is 0 Å². The fourth-order valence-corrected chi connectivity index (χ4v) is 5.28. The molecule has 1 aliphatic heterocycles. The predicted octanol–water partition coefficient (Wildman–Crippen LogP) is 3.40. The van der Waals surface area contributed by atoms with Crippen LogP contribution in [0.3, 0.4) is 0 Å². The average molecular weight is 393 g/mol. The molecule has 150 valence electrons. The van der Waals surface area contributed by atoms with E-state index in [4.69, 9.17) is 5.73 Å². The van der Waals surface area contributed by atoms with Crippen LogP contribution in [0.5, 0.6) is 0 Å². The molecule has 7 heteroatoms. The summed E-state index contributed by atoms with van der Waals surface area (Å²) in [6.45, 7) is 3.55. The SMILES string of the molecule is CC1CCN(C(=O)CC2(CC(=O)Nc3nccs3)CCCCC2)C(CN)C1. The number of thiazole rings is 1. The lowest BCUT2D eigenvalue weighted by atomic mass is 9.69. The van der Waals surface area contributed by atoms with E-state index in [1.807, 2.05) is 10.3 Å². The van der Waals surface area contributed by atoms with Crippen molar-refractivity contribution >= 4 is 28.3 Å². The van der Waals surface area contributed by atoms with Crippen LogP contribution in [0.4, 0.5) is 5.13 Å². The first kappa shape index (κ1) is 20.3. The van der Waals surface area contributed by atoms with Gasteiger partial charge in [0.25, 0.3) is 0 Å². The number of nitrogens with one attached hydrogen (secondary N) is 1. The Morgan fingerprint density at radius 1 is 1.33 bits per heavy atom. The van der Waals surface area contributed by atoms with Crippen molar-refractivity contribution in [2.24, 2.45) is 17.1 Å². The van der Waals surface area contributed by atoms with Gasteiger partial charge in [0.15, 0.2) is 5.13 Å². The molecule has 2 aliphatic rings. The van der Waals surface area contributed by atoms with Crippen molar-refractivity contribution in [2.45, 2.75) is 70.8 Å². The minimum absolute atomic E-state index is 0.0257. The number of likely N-dealkylation sites (tertiary alicyclic amines) is 1. The van der Waals surface area contributed by atoms with Gasteiger partial charge in [-0.2, -0.15) is 0 Å². The molecular formula is C20H32N4O2S. The van der Waals surface area contributed by atoms with Gasteiger partial charge >= 0.3 is 0 Å². The highest BCUT2D eigenvalue weighted by molar-refractivity contribution is 7.13. The van der Waals surface area contributed by atoms with Gasteiger partial charge in [0, 0.05) is 43.5 Å². The number of nitrogens with zero attached hydrogens (tertiary/aromatic N) is 2. The van der Waals surface area contributed by atoms with Gasteiger partial charge in [-0.05, 0) is 37.0 Å². The van der Waals surface area contributed by atoms with Crippen molar-refractivity contribution in [2.75, 3.05) is 18.4 Å². The van der Waals surface area contributed by atoms with Crippen molar-refractivity contribution < 1.29 is 9.59 Å². The van der Waals surface area contributed by atoms with Gasteiger partial charge in [-0.15, -0.1) is 11.3 Å². The average Bonchev–Trinajstić information content (AvgIpc) is 3.14. The quantitative estimate of drug-likeness (QED) is 0.776. The standard InChI is InChI=1S/C20H32N4O2S/c1-15-5-9-24(16(11-15)14-21)18(26)13-20(6-3-2-4-7-20)12-17(25)23-19-22-8-10-27-19/h8,10,15-16H,2-7,9,11-14,21H2,1H3,(H,22,23,25). The smallest absolute Gasteiger partial charge is 0.226 e. The zero-order valence-corrected chi connectivity index (χ0v) is 17.1. The number of hydrogen-bond acceptors (Lipinski definition) is 5. The van der Waals surface area contributed by atoms with Gasteiger partial charge in [0.05, 0.1) is 0 Å². The molecule has 1 saturated heterocycles. The molecule has 6 nitrogen and oxygen atoms in total.